The van der Waals surface area contributed by atoms with Gasteiger partial charge in [0.25, 0.3) is 0 Å². The topological polar surface area (TPSA) is 88.7 Å². The molecule has 1 saturated heterocycles. The Morgan fingerprint density at radius 1 is 1.32 bits per heavy atom. The van der Waals surface area contributed by atoms with Crippen LogP contribution in [0.2, 0.25) is 0 Å². The van der Waals surface area contributed by atoms with Crippen molar-refractivity contribution >= 4 is 11.6 Å². The molecule has 19 heavy (non-hydrogen) atoms. The lowest BCUT2D eigenvalue weighted by atomic mass is 9.98. The third-order valence-corrected chi connectivity index (χ3v) is 3.20. The molecule has 0 unspecified atom stereocenters. The van der Waals surface area contributed by atoms with Crippen LogP contribution in [0.4, 0.5) is 5.69 Å². The average molecular weight is 254 g/mol. The predicted molar refractivity (Wildman–Crippen MR) is 70.1 cm³/mol. The molecule has 1 aliphatic heterocycles. The van der Waals surface area contributed by atoms with Gasteiger partial charge in [0.2, 0.25) is 5.91 Å². The van der Waals surface area contributed by atoms with Gasteiger partial charge in [-0.25, -0.2) is 0 Å². The van der Waals surface area contributed by atoms with Gasteiger partial charge >= 0.3 is 0 Å². The van der Waals surface area contributed by atoms with Crippen LogP contribution in [0.1, 0.15) is 24.0 Å². The third-order valence-electron chi connectivity index (χ3n) is 3.20. The molecule has 1 heterocycles. The fraction of sp³-hybridized carbons (Fsp3) is 0.357. The predicted octanol–water partition coefficient (Wildman–Crippen LogP) is 1.37. The Morgan fingerprint density at radius 2 is 2.11 bits per heavy atom. The highest BCUT2D eigenvalue weighted by molar-refractivity contribution is 5.93. The molecular weight excluding hydrogens is 240 g/mol. The van der Waals surface area contributed by atoms with Gasteiger partial charge in [-0.05, 0) is 37.6 Å². The molecule has 1 atom stereocenters. The zero-order valence-corrected chi connectivity index (χ0v) is 10.4. The molecule has 0 radical (unpaired) electrons. The van der Waals surface area contributed by atoms with Gasteiger partial charge in [-0.2, -0.15) is 10.5 Å². The van der Waals surface area contributed by atoms with Gasteiger partial charge in [-0.3, -0.25) is 4.79 Å². The molecule has 5 heteroatoms. The van der Waals surface area contributed by atoms with Gasteiger partial charge in [0.1, 0.15) is 12.1 Å². The first-order valence-corrected chi connectivity index (χ1v) is 6.20. The highest BCUT2D eigenvalue weighted by Crippen LogP contribution is 2.17. The van der Waals surface area contributed by atoms with E-state index in [1.165, 1.54) is 6.07 Å². The van der Waals surface area contributed by atoms with E-state index in [9.17, 15) is 4.79 Å². The van der Waals surface area contributed by atoms with Crippen LogP contribution in [0.3, 0.4) is 0 Å². The first-order valence-electron chi connectivity index (χ1n) is 6.20. The smallest absolute Gasteiger partial charge is 0.228 e. The second-order valence-electron chi connectivity index (χ2n) is 4.52. The van der Waals surface area contributed by atoms with Gasteiger partial charge in [-0.15, -0.1) is 0 Å². The number of hydrogen-bond acceptors (Lipinski definition) is 4. The summed E-state index contributed by atoms with van der Waals surface area (Å²) >= 11 is 0. The summed E-state index contributed by atoms with van der Waals surface area (Å²) in [5, 5.41) is 23.7. The zero-order valence-electron chi connectivity index (χ0n) is 10.4. The van der Waals surface area contributed by atoms with Gasteiger partial charge in [0.15, 0.2) is 0 Å². The van der Waals surface area contributed by atoms with Gasteiger partial charge < -0.3 is 10.6 Å². The molecule has 0 saturated carbocycles. The van der Waals surface area contributed by atoms with Crippen LogP contribution in [0.5, 0.6) is 0 Å². The number of nitriles is 2. The maximum atomic E-state index is 12.0. The fourth-order valence-corrected chi connectivity index (χ4v) is 2.13. The molecular formula is C14H14N4O. The summed E-state index contributed by atoms with van der Waals surface area (Å²) in [5.74, 6) is -0.0734. The van der Waals surface area contributed by atoms with Crippen LogP contribution in [0.25, 0.3) is 0 Å². The number of anilines is 1. The Morgan fingerprint density at radius 3 is 2.74 bits per heavy atom. The maximum Gasteiger partial charge on any atom is 0.228 e. The Kier molecular flexibility index (Phi) is 4.12. The van der Waals surface area contributed by atoms with Crippen molar-refractivity contribution in [2.75, 3.05) is 18.4 Å². The SMILES string of the molecule is N#Cc1ccc(NC(=O)[C@@H]2CCCNC2)cc1C#N. The van der Waals surface area contributed by atoms with E-state index in [0.717, 1.165) is 19.4 Å². The van der Waals surface area contributed by atoms with Crippen molar-refractivity contribution in [1.82, 2.24) is 5.32 Å². The van der Waals surface area contributed by atoms with E-state index < -0.39 is 0 Å². The van der Waals surface area contributed by atoms with E-state index in [2.05, 4.69) is 10.6 Å². The van der Waals surface area contributed by atoms with E-state index in [1.807, 2.05) is 12.1 Å². The van der Waals surface area contributed by atoms with Crippen LogP contribution in [-0.4, -0.2) is 19.0 Å². The second kappa shape index (κ2) is 5.99. The first kappa shape index (κ1) is 13.1. The van der Waals surface area contributed by atoms with Crippen molar-refractivity contribution < 1.29 is 4.79 Å². The van der Waals surface area contributed by atoms with Crippen molar-refractivity contribution in [3.8, 4) is 12.1 Å². The molecule has 1 aliphatic rings. The largest absolute Gasteiger partial charge is 0.326 e. The quantitative estimate of drug-likeness (QED) is 0.834. The van der Waals surface area contributed by atoms with Gasteiger partial charge in [0, 0.05) is 12.2 Å². The highest BCUT2D eigenvalue weighted by atomic mass is 16.1. The minimum atomic E-state index is -0.0409. The van der Waals surface area contributed by atoms with Gasteiger partial charge in [0.05, 0.1) is 17.0 Å². The molecule has 0 spiro atoms. The summed E-state index contributed by atoms with van der Waals surface area (Å²) in [6, 6.07) is 8.63. The summed E-state index contributed by atoms with van der Waals surface area (Å²) in [4.78, 5) is 12.0. The number of nitrogens with one attached hydrogen (secondary N) is 2. The molecule has 0 aliphatic carbocycles. The second-order valence-corrected chi connectivity index (χ2v) is 4.52. The van der Waals surface area contributed by atoms with E-state index in [0.29, 0.717) is 17.8 Å². The number of piperidine rings is 1. The Balaban J connectivity index is 2.09. The standard InChI is InChI=1S/C14H14N4O/c15-7-10-3-4-13(6-12(10)8-16)18-14(19)11-2-1-5-17-9-11/h3-4,6,11,17H,1-2,5,9H2,(H,18,19)/t11-/m1/s1. The fourth-order valence-electron chi connectivity index (χ4n) is 2.13. The number of hydrogen-bond donors (Lipinski definition) is 2. The molecule has 5 nitrogen and oxygen atoms in total. The minimum Gasteiger partial charge on any atom is -0.326 e. The number of benzene rings is 1. The zero-order chi connectivity index (χ0) is 13.7. The number of amides is 1. The molecule has 1 aromatic carbocycles. The van der Waals surface area contributed by atoms with Gasteiger partial charge in [-0.1, -0.05) is 0 Å². The average Bonchev–Trinajstić information content (AvgIpc) is 2.48. The Bertz CT molecular complexity index is 562. The summed E-state index contributed by atoms with van der Waals surface area (Å²) in [6.07, 6.45) is 1.87. The van der Waals surface area contributed by atoms with Crippen molar-refractivity contribution in [2.24, 2.45) is 5.92 Å². The van der Waals surface area contributed by atoms with Crippen LogP contribution >= 0.6 is 0 Å². The van der Waals surface area contributed by atoms with Crippen molar-refractivity contribution in [1.29, 1.82) is 10.5 Å². The summed E-state index contributed by atoms with van der Waals surface area (Å²) < 4.78 is 0. The monoisotopic (exact) mass is 254 g/mol. The van der Waals surface area contributed by atoms with Crippen LogP contribution < -0.4 is 10.6 Å². The Labute approximate surface area is 111 Å². The molecule has 2 N–H and O–H groups in total. The summed E-state index contributed by atoms with van der Waals surface area (Å²) in [5.41, 5.74) is 1.16. The summed E-state index contributed by atoms with van der Waals surface area (Å²) in [6.45, 7) is 1.65. The molecule has 1 aromatic rings. The third kappa shape index (κ3) is 3.09. The molecule has 0 aromatic heterocycles. The van der Waals surface area contributed by atoms with Crippen molar-refractivity contribution in [3.63, 3.8) is 0 Å². The van der Waals surface area contributed by atoms with Crippen LogP contribution in [0.15, 0.2) is 18.2 Å². The highest BCUT2D eigenvalue weighted by Gasteiger charge is 2.20. The van der Waals surface area contributed by atoms with Crippen LogP contribution in [0, 0.1) is 28.6 Å². The van der Waals surface area contributed by atoms with Crippen molar-refractivity contribution in [3.05, 3.63) is 29.3 Å². The molecule has 0 bridgehead atoms. The molecule has 96 valence electrons. The minimum absolute atomic E-state index is 0.0325. The lowest BCUT2D eigenvalue weighted by Crippen LogP contribution is -2.37. The maximum absolute atomic E-state index is 12.0. The van der Waals surface area contributed by atoms with Crippen LogP contribution in [-0.2, 0) is 4.79 Å². The van der Waals surface area contributed by atoms with E-state index in [1.54, 1.807) is 12.1 Å². The Hall–Kier alpha value is -2.37. The van der Waals surface area contributed by atoms with E-state index in [-0.39, 0.29) is 17.4 Å². The first-order chi connectivity index (χ1) is 9.24. The molecule has 1 amide bonds. The normalized spacial score (nSPS) is 18.1. The summed E-state index contributed by atoms with van der Waals surface area (Å²) in [7, 11) is 0. The number of rotatable bonds is 2. The van der Waals surface area contributed by atoms with E-state index in [4.69, 9.17) is 10.5 Å². The molecule has 1 fully saturated rings. The van der Waals surface area contributed by atoms with Crippen molar-refractivity contribution in [2.45, 2.75) is 12.8 Å². The molecule has 2 rings (SSSR count). The lowest BCUT2D eigenvalue weighted by Gasteiger charge is -2.21. The number of nitrogens with zero attached hydrogens (tertiary/aromatic N) is 2. The van der Waals surface area contributed by atoms with E-state index >= 15 is 0 Å². The number of carbonyl (C=O) groups excluding carboxylic acids is 1. The lowest BCUT2D eigenvalue weighted by molar-refractivity contribution is -0.120. The number of carbonyl (C=O) groups is 1.